The summed E-state index contributed by atoms with van der Waals surface area (Å²) in [6, 6.07) is 3.91. The largest absolute Gasteiger partial charge is 0.375 e. The topological polar surface area (TPSA) is 27.0 Å². The summed E-state index contributed by atoms with van der Waals surface area (Å²) >= 11 is 0. The van der Waals surface area contributed by atoms with Crippen LogP contribution >= 0.6 is 0 Å². The van der Waals surface area contributed by atoms with Crippen LogP contribution in [0.2, 0.25) is 0 Å². The molecule has 0 aliphatic rings. The van der Waals surface area contributed by atoms with E-state index in [4.69, 9.17) is 5.26 Å². The van der Waals surface area contributed by atoms with Gasteiger partial charge in [-0.2, -0.15) is 5.26 Å². The lowest BCUT2D eigenvalue weighted by Gasteiger charge is -2.17. The molecule has 0 N–H and O–H groups in total. The minimum Gasteiger partial charge on any atom is -0.375 e. The van der Waals surface area contributed by atoms with Crippen LogP contribution in [0.25, 0.3) is 0 Å². The monoisotopic (exact) mass is 196 g/mol. The van der Waals surface area contributed by atoms with E-state index < -0.39 is 11.6 Å². The molecule has 0 radical (unpaired) electrons. The van der Waals surface area contributed by atoms with Crippen LogP contribution in [-0.2, 0) is 6.42 Å². The summed E-state index contributed by atoms with van der Waals surface area (Å²) < 4.78 is 26.5. The zero-order valence-corrected chi connectivity index (χ0v) is 8.01. The fraction of sp³-hybridized carbons (Fsp3) is 0.300. The zero-order valence-electron chi connectivity index (χ0n) is 8.01. The predicted molar refractivity (Wildman–Crippen MR) is 50.0 cm³/mol. The second kappa shape index (κ2) is 4.05. The van der Waals surface area contributed by atoms with Crippen LogP contribution in [0.3, 0.4) is 0 Å². The number of hydrogen-bond donors (Lipinski definition) is 0. The van der Waals surface area contributed by atoms with Gasteiger partial charge in [-0.1, -0.05) is 0 Å². The van der Waals surface area contributed by atoms with Crippen molar-refractivity contribution < 1.29 is 8.78 Å². The molecule has 0 heterocycles. The predicted octanol–water partition coefficient (Wildman–Crippen LogP) is 2.10. The molecule has 2 nitrogen and oxygen atoms in total. The van der Waals surface area contributed by atoms with E-state index in [2.05, 4.69) is 0 Å². The summed E-state index contributed by atoms with van der Waals surface area (Å²) in [6.45, 7) is 0. The van der Waals surface area contributed by atoms with Crippen LogP contribution in [0, 0.1) is 23.0 Å². The van der Waals surface area contributed by atoms with Crippen molar-refractivity contribution in [2.45, 2.75) is 6.42 Å². The van der Waals surface area contributed by atoms with Crippen molar-refractivity contribution in [3.8, 4) is 6.07 Å². The molecule has 1 aromatic rings. The maximum absolute atomic E-state index is 13.3. The second-order valence-corrected chi connectivity index (χ2v) is 3.09. The molecule has 0 fully saturated rings. The van der Waals surface area contributed by atoms with Gasteiger partial charge in [-0.05, 0) is 12.1 Å². The molecule has 4 heteroatoms. The molecule has 14 heavy (non-hydrogen) atoms. The lowest BCUT2D eigenvalue weighted by molar-refractivity contribution is 0.589. The van der Waals surface area contributed by atoms with E-state index in [-0.39, 0.29) is 17.7 Å². The summed E-state index contributed by atoms with van der Waals surface area (Å²) in [4.78, 5) is 1.46. The van der Waals surface area contributed by atoms with Gasteiger partial charge in [-0.25, -0.2) is 8.78 Å². The summed E-state index contributed by atoms with van der Waals surface area (Å²) in [5.41, 5.74) is 0.254. The molecule has 0 aliphatic carbocycles. The third-order valence-electron chi connectivity index (χ3n) is 1.88. The van der Waals surface area contributed by atoms with E-state index in [1.807, 2.05) is 6.07 Å². The minimum atomic E-state index is -0.545. The molecule has 0 aliphatic heterocycles. The normalized spacial score (nSPS) is 9.64. The molecule has 1 aromatic carbocycles. The fourth-order valence-electron chi connectivity index (χ4n) is 1.31. The molecule has 0 bridgehead atoms. The number of nitrogens with zero attached hydrogens (tertiary/aromatic N) is 2. The van der Waals surface area contributed by atoms with Gasteiger partial charge in [-0.15, -0.1) is 0 Å². The first kappa shape index (κ1) is 10.5. The van der Waals surface area contributed by atoms with E-state index in [1.54, 1.807) is 14.1 Å². The summed E-state index contributed by atoms with van der Waals surface area (Å²) in [6.07, 6.45) is -0.128. The number of hydrogen-bond acceptors (Lipinski definition) is 2. The third-order valence-corrected chi connectivity index (χ3v) is 1.88. The average Bonchev–Trinajstić information content (AvgIpc) is 2.11. The van der Waals surface area contributed by atoms with E-state index >= 15 is 0 Å². The Kier molecular flexibility index (Phi) is 3.03. The Morgan fingerprint density at radius 2 is 1.86 bits per heavy atom. The SMILES string of the molecule is CN(C)c1c(F)ccc(F)c1CC#N. The molecular weight excluding hydrogens is 186 g/mol. The molecule has 0 atom stereocenters. The van der Waals surface area contributed by atoms with Crippen LogP contribution in [0.4, 0.5) is 14.5 Å². The van der Waals surface area contributed by atoms with Gasteiger partial charge >= 0.3 is 0 Å². The number of anilines is 1. The molecule has 74 valence electrons. The highest BCUT2D eigenvalue weighted by atomic mass is 19.1. The van der Waals surface area contributed by atoms with Crippen LogP contribution < -0.4 is 4.90 Å². The molecule has 0 aromatic heterocycles. The Balaban J connectivity index is 3.35. The van der Waals surface area contributed by atoms with Gasteiger partial charge < -0.3 is 4.90 Å². The number of benzene rings is 1. The van der Waals surface area contributed by atoms with Crippen molar-refractivity contribution >= 4 is 5.69 Å². The standard InChI is InChI=1S/C10H10F2N2/c1-14(2)10-7(5-6-13)8(11)3-4-9(10)12/h3-4H,5H2,1-2H3. The first-order valence-electron chi connectivity index (χ1n) is 4.09. The lowest BCUT2D eigenvalue weighted by Crippen LogP contribution is -2.14. The Hall–Kier alpha value is -1.63. The second-order valence-electron chi connectivity index (χ2n) is 3.09. The van der Waals surface area contributed by atoms with Gasteiger partial charge in [-0.3, -0.25) is 0 Å². The molecular formula is C10H10F2N2. The molecule has 0 unspecified atom stereocenters. The highest BCUT2D eigenvalue weighted by molar-refractivity contribution is 5.55. The van der Waals surface area contributed by atoms with Gasteiger partial charge in [0, 0.05) is 19.7 Å². The van der Waals surface area contributed by atoms with Crippen molar-refractivity contribution in [1.29, 1.82) is 5.26 Å². The Bertz CT molecular complexity index is 380. The number of rotatable bonds is 2. The average molecular weight is 196 g/mol. The van der Waals surface area contributed by atoms with Gasteiger partial charge in [0.05, 0.1) is 18.2 Å². The maximum Gasteiger partial charge on any atom is 0.147 e. The van der Waals surface area contributed by atoms with Crippen molar-refractivity contribution in [2.75, 3.05) is 19.0 Å². The van der Waals surface area contributed by atoms with Crippen molar-refractivity contribution in [1.82, 2.24) is 0 Å². The molecule has 0 saturated heterocycles. The van der Waals surface area contributed by atoms with E-state index in [0.717, 1.165) is 12.1 Å². The fourth-order valence-corrected chi connectivity index (χ4v) is 1.31. The molecule has 0 saturated carbocycles. The number of nitriles is 1. The van der Waals surface area contributed by atoms with E-state index in [1.165, 1.54) is 4.90 Å². The van der Waals surface area contributed by atoms with Gasteiger partial charge in [0.15, 0.2) is 0 Å². The van der Waals surface area contributed by atoms with Crippen LogP contribution in [0.15, 0.2) is 12.1 Å². The van der Waals surface area contributed by atoms with Gasteiger partial charge in [0.25, 0.3) is 0 Å². The van der Waals surface area contributed by atoms with Crippen molar-refractivity contribution in [3.63, 3.8) is 0 Å². The smallest absolute Gasteiger partial charge is 0.147 e. The highest BCUT2D eigenvalue weighted by Crippen LogP contribution is 2.25. The number of halogens is 2. The molecule has 1 rings (SSSR count). The maximum atomic E-state index is 13.3. The van der Waals surface area contributed by atoms with Crippen LogP contribution in [0.1, 0.15) is 5.56 Å². The summed E-state index contributed by atoms with van der Waals surface area (Å²) in [5.74, 6) is -1.06. The third kappa shape index (κ3) is 1.82. The van der Waals surface area contributed by atoms with E-state index in [0.29, 0.717) is 0 Å². The van der Waals surface area contributed by atoms with Gasteiger partial charge in [0.2, 0.25) is 0 Å². The molecule has 0 spiro atoms. The Morgan fingerprint density at radius 1 is 1.29 bits per heavy atom. The van der Waals surface area contributed by atoms with Crippen molar-refractivity contribution in [2.24, 2.45) is 0 Å². The van der Waals surface area contributed by atoms with Crippen LogP contribution in [-0.4, -0.2) is 14.1 Å². The first-order chi connectivity index (χ1) is 6.57. The highest BCUT2D eigenvalue weighted by Gasteiger charge is 2.14. The Labute approximate surface area is 81.4 Å². The summed E-state index contributed by atoms with van der Waals surface area (Å²) in [5, 5.41) is 8.48. The molecule has 0 amide bonds. The van der Waals surface area contributed by atoms with Crippen molar-refractivity contribution in [3.05, 3.63) is 29.3 Å². The minimum absolute atomic E-state index is 0.109. The van der Waals surface area contributed by atoms with Gasteiger partial charge in [0.1, 0.15) is 11.6 Å². The Morgan fingerprint density at radius 3 is 2.36 bits per heavy atom. The quantitative estimate of drug-likeness (QED) is 0.724. The first-order valence-corrected chi connectivity index (χ1v) is 4.09. The lowest BCUT2D eigenvalue weighted by atomic mass is 10.1. The zero-order chi connectivity index (χ0) is 10.7. The summed E-state index contributed by atoms with van der Waals surface area (Å²) in [7, 11) is 3.22. The van der Waals surface area contributed by atoms with E-state index in [9.17, 15) is 8.78 Å². The van der Waals surface area contributed by atoms with Crippen LogP contribution in [0.5, 0.6) is 0 Å².